The lowest BCUT2D eigenvalue weighted by Gasteiger charge is -2.39. The largest absolute Gasteiger partial charge is 0.392 e. The fraction of sp³-hybridized carbons (Fsp3) is 0.429. The highest BCUT2D eigenvalue weighted by molar-refractivity contribution is 8.02. The van der Waals surface area contributed by atoms with Crippen molar-refractivity contribution >= 4 is 52.3 Å². The second-order valence-electron chi connectivity index (χ2n) is 4.99. The van der Waals surface area contributed by atoms with Crippen LogP contribution in [-0.4, -0.2) is 40.0 Å². The molecule has 7 heteroatoms. The molecule has 1 heterocycles. The van der Waals surface area contributed by atoms with Crippen molar-refractivity contribution in [2.24, 2.45) is 5.73 Å². The number of benzene rings is 1. The van der Waals surface area contributed by atoms with E-state index < -0.39 is 0 Å². The molecule has 1 aromatic carbocycles. The average Bonchev–Trinajstić information content (AvgIpc) is 2.49. The first kappa shape index (κ1) is 16.4. The number of anilines is 1. The van der Waals surface area contributed by atoms with Crippen molar-refractivity contribution in [1.82, 2.24) is 4.90 Å². The molecule has 1 aromatic rings. The summed E-state index contributed by atoms with van der Waals surface area (Å²) >= 11 is 12.7. The van der Waals surface area contributed by atoms with Crippen LogP contribution in [0.3, 0.4) is 0 Å². The summed E-state index contributed by atoms with van der Waals surface area (Å²) in [7, 11) is 0. The first-order valence-electron chi connectivity index (χ1n) is 6.63. The maximum Gasteiger partial charge on any atom is 0.321 e. The maximum absolute atomic E-state index is 12.2. The van der Waals surface area contributed by atoms with Crippen molar-refractivity contribution in [3.05, 3.63) is 29.3 Å². The van der Waals surface area contributed by atoms with Gasteiger partial charge in [-0.3, -0.25) is 0 Å². The van der Waals surface area contributed by atoms with Gasteiger partial charge in [-0.05, 0) is 43.4 Å². The number of carbonyl (C=O) groups is 1. The summed E-state index contributed by atoms with van der Waals surface area (Å²) in [6.45, 7) is 1.30. The van der Waals surface area contributed by atoms with Gasteiger partial charge in [0.2, 0.25) is 0 Å². The number of nitrogens with two attached hydrogens (primary N) is 1. The lowest BCUT2D eigenvalue weighted by Crippen LogP contribution is -2.51. The van der Waals surface area contributed by atoms with Crippen LogP contribution in [-0.2, 0) is 0 Å². The summed E-state index contributed by atoms with van der Waals surface area (Å²) in [5, 5.41) is 3.52. The molecule has 1 aliphatic heterocycles. The molecule has 114 valence electrons. The zero-order valence-electron chi connectivity index (χ0n) is 11.8. The number of nitrogens with zero attached hydrogens (tertiary/aromatic N) is 1. The van der Waals surface area contributed by atoms with E-state index in [1.165, 1.54) is 0 Å². The van der Waals surface area contributed by atoms with E-state index in [9.17, 15) is 4.79 Å². The number of rotatable bonds is 3. The Hall–Kier alpha value is -0.980. The molecule has 0 aromatic heterocycles. The third-order valence-electron chi connectivity index (χ3n) is 3.79. The number of likely N-dealkylation sites (tertiary alicyclic amines) is 1. The minimum absolute atomic E-state index is 0.102. The van der Waals surface area contributed by atoms with Crippen LogP contribution in [0.5, 0.6) is 0 Å². The number of piperidine rings is 1. The van der Waals surface area contributed by atoms with E-state index in [2.05, 4.69) is 5.32 Å². The second-order valence-corrected chi connectivity index (χ2v) is 7.05. The van der Waals surface area contributed by atoms with E-state index in [1.807, 2.05) is 6.26 Å². The van der Waals surface area contributed by atoms with Gasteiger partial charge >= 0.3 is 6.03 Å². The van der Waals surface area contributed by atoms with Gasteiger partial charge in [0.15, 0.2) is 0 Å². The maximum atomic E-state index is 12.2. The molecule has 0 spiro atoms. The van der Waals surface area contributed by atoms with Gasteiger partial charge in [-0.15, -0.1) is 0 Å². The van der Waals surface area contributed by atoms with Crippen LogP contribution >= 0.6 is 35.6 Å². The van der Waals surface area contributed by atoms with Crippen molar-refractivity contribution in [3.8, 4) is 0 Å². The van der Waals surface area contributed by atoms with Crippen LogP contribution in [0.1, 0.15) is 12.8 Å². The van der Waals surface area contributed by atoms with Crippen LogP contribution in [0.4, 0.5) is 10.5 Å². The number of thiocarbonyl (C=S) groups is 1. The number of nitrogens with one attached hydrogen (secondary N) is 1. The Morgan fingerprint density at radius 3 is 2.43 bits per heavy atom. The van der Waals surface area contributed by atoms with Gasteiger partial charge in [-0.1, -0.05) is 23.8 Å². The topological polar surface area (TPSA) is 58.4 Å². The summed E-state index contributed by atoms with van der Waals surface area (Å²) in [6, 6.07) is 6.96. The molecule has 2 amide bonds. The molecule has 21 heavy (non-hydrogen) atoms. The van der Waals surface area contributed by atoms with E-state index in [4.69, 9.17) is 29.6 Å². The number of hydrogen-bond acceptors (Lipinski definition) is 3. The highest BCUT2D eigenvalue weighted by Gasteiger charge is 2.37. The number of hydrogen-bond donors (Lipinski definition) is 2. The number of carbonyl (C=O) groups excluding carboxylic acids is 1. The molecule has 0 aliphatic carbocycles. The van der Waals surface area contributed by atoms with Gasteiger partial charge in [0.05, 0.1) is 9.74 Å². The Balaban J connectivity index is 1.94. The highest BCUT2D eigenvalue weighted by atomic mass is 35.5. The van der Waals surface area contributed by atoms with Crippen molar-refractivity contribution < 1.29 is 4.79 Å². The average molecular weight is 344 g/mol. The zero-order valence-corrected chi connectivity index (χ0v) is 14.2. The summed E-state index contributed by atoms with van der Waals surface area (Å²) in [4.78, 5) is 14.6. The van der Waals surface area contributed by atoms with Gasteiger partial charge in [0.1, 0.15) is 0 Å². The third kappa shape index (κ3) is 3.81. The normalized spacial score (nSPS) is 17.3. The van der Waals surface area contributed by atoms with Crippen molar-refractivity contribution in [2.75, 3.05) is 24.7 Å². The van der Waals surface area contributed by atoms with E-state index in [1.54, 1.807) is 40.9 Å². The smallest absolute Gasteiger partial charge is 0.321 e. The summed E-state index contributed by atoms with van der Waals surface area (Å²) in [5.74, 6) is 0. The summed E-state index contributed by atoms with van der Waals surface area (Å²) in [6.07, 6.45) is 3.59. The lowest BCUT2D eigenvalue weighted by molar-refractivity contribution is 0.197. The van der Waals surface area contributed by atoms with Gasteiger partial charge in [0.25, 0.3) is 0 Å². The standard InChI is InChI=1S/C14H18ClN3OS2/c1-21-14(12(16)20)6-8-18(9-7-14)13(19)17-11-4-2-10(15)3-5-11/h2-5H,6-9H2,1H3,(H2,16,20)(H,17,19). The second kappa shape index (κ2) is 6.85. The first-order chi connectivity index (χ1) is 9.97. The number of urea groups is 1. The zero-order chi connectivity index (χ0) is 15.5. The Labute approximate surface area is 139 Å². The molecule has 0 radical (unpaired) electrons. The molecule has 4 nitrogen and oxygen atoms in total. The van der Waals surface area contributed by atoms with Gasteiger partial charge in [0, 0.05) is 23.8 Å². The predicted molar refractivity (Wildman–Crippen MR) is 94.3 cm³/mol. The number of amides is 2. The third-order valence-corrected chi connectivity index (χ3v) is 5.98. The Kier molecular flexibility index (Phi) is 5.35. The Bertz CT molecular complexity index is 528. The van der Waals surface area contributed by atoms with Gasteiger partial charge < -0.3 is 16.0 Å². The van der Waals surface area contributed by atoms with Crippen LogP contribution in [0.15, 0.2) is 24.3 Å². The highest BCUT2D eigenvalue weighted by Crippen LogP contribution is 2.35. The van der Waals surface area contributed by atoms with Crippen molar-refractivity contribution in [2.45, 2.75) is 17.6 Å². The van der Waals surface area contributed by atoms with E-state index in [0.717, 1.165) is 18.5 Å². The molecule has 3 N–H and O–H groups in total. The molecule has 1 saturated heterocycles. The fourth-order valence-corrected chi connectivity index (χ4v) is 3.73. The Morgan fingerprint density at radius 1 is 1.38 bits per heavy atom. The number of halogens is 1. The van der Waals surface area contributed by atoms with Crippen molar-refractivity contribution in [3.63, 3.8) is 0 Å². The van der Waals surface area contributed by atoms with E-state index >= 15 is 0 Å². The van der Waals surface area contributed by atoms with E-state index in [0.29, 0.717) is 23.1 Å². The monoisotopic (exact) mass is 343 g/mol. The lowest BCUT2D eigenvalue weighted by atomic mass is 9.96. The molecule has 1 fully saturated rings. The molecule has 0 unspecified atom stereocenters. The fourth-order valence-electron chi connectivity index (χ4n) is 2.36. The number of thioether (sulfide) groups is 1. The first-order valence-corrected chi connectivity index (χ1v) is 8.64. The SMILES string of the molecule is CSC1(C(N)=S)CCN(C(=O)Nc2ccc(Cl)cc2)CC1. The summed E-state index contributed by atoms with van der Waals surface area (Å²) in [5.41, 5.74) is 6.59. The van der Waals surface area contributed by atoms with Crippen LogP contribution in [0.25, 0.3) is 0 Å². The predicted octanol–water partition coefficient (Wildman–Crippen LogP) is 3.36. The summed E-state index contributed by atoms with van der Waals surface area (Å²) < 4.78 is -0.174. The molecule has 0 bridgehead atoms. The quantitative estimate of drug-likeness (QED) is 0.826. The molecule has 1 aliphatic rings. The van der Waals surface area contributed by atoms with Gasteiger partial charge in [-0.2, -0.15) is 11.8 Å². The Morgan fingerprint density at radius 2 is 1.95 bits per heavy atom. The van der Waals surface area contributed by atoms with E-state index in [-0.39, 0.29) is 10.8 Å². The minimum Gasteiger partial charge on any atom is -0.392 e. The molecule has 2 rings (SSSR count). The van der Waals surface area contributed by atoms with Crippen LogP contribution in [0, 0.1) is 0 Å². The van der Waals surface area contributed by atoms with Crippen molar-refractivity contribution in [1.29, 1.82) is 0 Å². The van der Waals surface area contributed by atoms with Gasteiger partial charge in [-0.25, -0.2) is 4.79 Å². The van der Waals surface area contributed by atoms with Crippen LogP contribution < -0.4 is 11.1 Å². The molecule has 0 atom stereocenters. The molecule has 0 saturated carbocycles. The minimum atomic E-state index is -0.174. The molecular formula is C14H18ClN3OS2. The van der Waals surface area contributed by atoms with Crippen LogP contribution in [0.2, 0.25) is 5.02 Å². The molecular weight excluding hydrogens is 326 g/mol.